The zero-order chi connectivity index (χ0) is 23.3. The molecule has 2 aromatic rings. The number of hydrogen-bond acceptors (Lipinski definition) is 5. The first kappa shape index (κ1) is 22.3. The van der Waals surface area contributed by atoms with Crippen LogP contribution in [0.15, 0.2) is 47.7 Å². The Balaban J connectivity index is 1.73. The minimum absolute atomic E-state index is 0.0269. The molecule has 166 valence electrons. The molecule has 0 saturated heterocycles. The van der Waals surface area contributed by atoms with E-state index in [1.165, 1.54) is 11.1 Å². The lowest BCUT2D eigenvalue weighted by Gasteiger charge is -2.38. The van der Waals surface area contributed by atoms with Crippen LogP contribution < -0.4 is 0 Å². The second kappa shape index (κ2) is 7.88. The first-order chi connectivity index (χ1) is 15.0. The maximum Gasteiger partial charge on any atom is 0.147 e. The van der Waals surface area contributed by atoms with Gasteiger partial charge in [-0.2, -0.15) is 5.11 Å². The summed E-state index contributed by atoms with van der Waals surface area (Å²) in [5.41, 5.74) is 13.6. The summed E-state index contributed by atoms with van der Waals surface area (Å²) >= 11 is 0. The lowest BCUT2D eigenvalue weighted by atomic mass is 9.67. The largest absolute Gasteiger partial charge is 0.299 e. The fourth-order valence-electron chi connectivity index (χ4n) is 5.00. The Morgan fingerprint density at radius 3 is 2.12 bits per heavy atom. The fraction of sp³-hybridized carbons (Fsp3) is 0.444. The number of fused-ring (bicyclic) bond motifs is 1. The van der Waals surface area contributed by atoms with Gasteiger partial charge in [0, 0.05) is 29.9 Å². The second-order valence-electron chi connectivity index (χ2n) is 10.3. The lowest BCUT2D eigenvalue weighted by molar-refractivity contribution is -0.131. The van der Waals surface area contributed by atoms with Crippen molar-refractivity contribution in [3.05, 3.63) is 76.1 Å². The molecule has 0 amide bonds. The molecule has 1 aromatic carbocycles. The highest BCUT2D eigenvalue weighted by Crippen LogP contribution is 2.44. The van der Waals surface area contributed by atoms with Gasteiger partial charge in [0.2, 0.25) is 0 Å². The topological polar surface area (TPSA) is 83.2 Å². The van der Waals surface area contributed by atoms with E-state index in [1.807, 2.05) is 0 Å². The van der Waals surface area contributed by atoms with E-state index < -0.39 is 12.0 Å². The van der Waals surface area contributed by atoms with Gasteiger partial charge in [-0.15, -0.1) is 0 Å². The highest BCUT2D eigenvalue weighted by atomic mass is 16.2. The molecule has 5 nitrogen and oxygen atoms in total. The van der Waals surface area contributed by atoms with Crippen LogP contribution in [0.4, 0.5) is 0 Å². The molecule has 1 atom stereocenters. The van der Waals surface area contributed by atoms with E-state index in [9.17, 15) is 9.59 Å². The van der Waals surface area contributed by atoms with Gasteiger partial charge >= 0.3 is 0 Å². The van der Waals surface area contributed by atoms with Crippen molar-refractivity contribution in [2.45, 2.75) is 76.7 Å². The van der Waals surface area contributed by atoms with E-state index in [2.05, 4.69) is 69.0 Å². The molecular formula is C27H31N3O2. The monoisotopic (exact) mass is 429 g/mol. The summed E-state index contributed by atoms with van der Waals surface area (Å²) in [5, 5.41) is 3.93. The number of nitrogens with one attached hydrogen (secondary N) is 1. The normalized spacial score (nSPS) is 20.7. The van der Waals surface area contributed by atoms with Gasteiger partial charge in [0.1, 0.15) is 23.5 Å². The standard InChI is InChI=1S/C27H31N3O2/c1-16-13-19-20(27(4,5)12-11-26(19,2)3)14-18(16)25(30-28)21-10-9-17(15-29-21)24-22(31)7-6-8-23(24)32/h9-15,24-25,28H,6-8H2,1-5H3. The first-order valence-corrected chi connectivity index (χ1v) is 11.3. The van der Waals surface area contributed by atoms with Crippen molar-refractivity contribution in [3.8, 4) is 0 Å². The SMILES string of the molecule is Cc1cc2c(cc1C(N=N)c1ccc(C3C(=O)CCCC3=O)cn1)C(C)(C)C=CC2(C)C. The summed E-state index contributed by atoms with van der Waals surface area (Å²) in [6.07, 6.45) is 7.67. The molecule has 0 spiro atoms. The molecule has 0 radical (unpaired) electrons. The van der Waals surface area contributed by atoms with Crippen LogP contribution in [0.5, 0.6) is 0 Å². The molecule has 4 rings (SSSR count). The molecule has 0 bridgehead atoms. The Kier molecular flexibility index (Phi) is 5.48. The van der Waals surface area contributed by atoms with E-state index in [1.54, 1.807) is 18.3 Å². The van der Waals surface area contributed by atoms with Gasteiger partial charge in [-0.1, -0.05) is 58.0 Å². The van der Waals surface area contributed by atoms with Gasteiger partial charge in [0.15, 0.2) is 0 Å². The summed E-state index contributed by atoms with van der Waals surface area (Å²) in [4.78, 5) is 29.1. The fourth-order valence-corrected chi connectivity index (χ4v) is 5.00. The van der Waals surface area contributed by atoms with Gasteiger partial charge in [0.25, 0.3) is 0 Å². The zero-order valence-electron chi connectivity index (χ0n) is 19.5. The van der Waals surface area contributed by atoms with Crippen molar-refractivity contribution >= 4 is 11.6 Å². The molecule has 1 N–H and O–H groups in total. The molecular weight excluding hydrogens is 398 g/mol. The van der Waals surface area contributed by atoms with Crippen molar-refractivity contribution < 1.29 is 9.59 Å². The second-order valence-corrected chi connectivity index (χ2v) is 10.3. The lowest BCUT2D eigenvalue weighted by Crippen LogP contribution is -2.29. The van der Waals surface area contributed by atoms with Crippen molar-refractivity contribution in [2.24, 2.45) is 5.11 Å². The van der Waals surface area contributed by atoms with Crippen LogP contribution in [-0.2, 0) is 20.4 Å². The number of Topliss-reactive ketones (excluding diaryl/α,β-unsaturated/α-hetero) is 2. The number of aryl methyl sites for hydroxylation is 1. The number of allylic oxidation sites excluding steroid dienone is 2. The summed E-state index contributed by atoms with van der Waals surface area (Å²) < 4.78 is 0. The molecule has 32 heavy (non-hydrogen) atoms. The molecule has 1 heterocycles. The molecule has 1 unspecified atom stereocenters. The maximum atomic E-state index is 12.3. The minimum Gasteiger partial charge on any atom is -0.299 e. The summed E-state index contributed by atoms with van der Waals surface area (Å²) in [7, 11) is 0. The molecule has 1 aromatic heterocycles. The van der Waals surface area contributed by atoms with Crippen LogP contribution in [0.25, 0.3) is 0 Å². The number of pyridine rings is 1. The Morgan fingerprint density at radius 1 is 1.00 bits per heavy atom. The Bertz CT molecular complexity index is 1110. The van der Waals surface area contributed by atoms with Crippen LogP contribution in [0, 0.1) is 12.5 Å². The Morgan fingerprint density at radius 2 is 1.59 bits per heavy atom. The molecule has 2 aliphatic rings. The predicted molar refractivity (Wildman–Crippen MR) is 124 cm³/mol. The first-order valence-electron chi connectivity index (χ1n) is 11.3. The van der Waals surface area contributed by atoms with Crippen molar-refractivity contribution in [3.63, 3.8) is 0 Å². The maximum absolute atomic E-state index is 12.3. The van der Waals surface area contributed by atoms with Crippen LogP contribution >= 0.6 is 0 Å². The smallest absolute Gasteiger partial charge is 0.147 e. The van der Waals surface area contributed by atoms with E-state index in [0.29, 0.717) is 30.5 Å². The summed E-state index contributed by atoms with van der Waals surface area (Å²) in [6.45, 7) is 10.9. The quantitative estimate of drug-likeness (QED) is 0.365. The number of carbonyl (C=O) groups excluding carboxylic acids is 2. The van der Waals surface area contributed by atoms with Crippen LogP contribution in [0.1, 0.15) is 92.4 Å². The number of aromatic nitrogens is 1. The highest BCUT2D eigenvalue weighted by molar-refractivity contribution is 6.09. The number of benzene rings is 1. The van der Waals surface area contributed by atoms with Crippen molar-refractivity contribution in [2.75, 3.05) is 0 Å². The number of ketones is 2. The van der Waals surface area contributed by atoms with Gasteiger partial charge in [-0.05, 0) is 47.2 Å². The van der Waals surface area contributed by atoms with Crippen LogP contribution in [0.2, 0.25) is 0 Å². The number of rotatable bonds is 4. The third-order valence-corrected chi connectivity index (χ3v) is 7.05. The zero-order valence-corrected chi connectivity index (χ0v) is 19.5. The molecule has 2 aliphatic carbocycles. The number of carbonyl (C=O) groups is 2. The molecule has 0 aliphatic heterocycles. The Labute approximate surface area is 189 Å². The van der Waals surface area contributed by atoms with E-state index in [0.717, 1.165) is 11.1 Å². The van der Waals surface area contributed by atoms with E-state index in [4.69, 9.17) is 5.53 Å². The van der Waals surface area contributed by atoms with E-state index in [-0.39, 0.29) is 22.4 Å². The average Bonchev–Trinajstić information content (AvgIpc) is 2.74. The van der Waals surface area contributed by atoms with Gasteiger partial charge < -0.3 is 0 Å². The van der Waals surface area contributed by atoms with Crippen molar-refractivity contribution in [1.29, 1.82) is 5.53 Å². The summed E-state index contributed by atoms with van der Waals surface area (Å²) in [6, 6.07) is 7.48. The molecule has 1 saturated carbocycles. The highest BCUT2D eigenvalue weighted by Gasteiger charge is 2.35. The van der Waals surface area contributed by atoms with Crippen LogP contribution in [0.3, 0.4) is 0 Å². The summed E-state index contributed by atoms with van der Waals surface area (Å²) in [5.74, 6) is -0.751. The average molecular weight is 430 g/mol. The number of nitrogens with zero attached hydrogens (tertiary/aromatic N) is 2. The van der Waals surface area contributed by atoms with E-state index >= 15 is 0 Å². The van der Waals surface area contributed by atoms with Crippen molar-refractivity contribution in [1.82, 2.24) is 4.98 Å². The number of hydrogen-bond donors (Lipinski definition) is 1. The van der Waals surface area contributed by atoms with Crippen LogP contribution in [-0.4, -0.2) is 16.6 Å². The third kappa shape index (κ3) is 3.74. The van der Waals surface area contributed by atoms with Gasteiger partial charge in [-0.3, -0.25) is 14.6 Å². The molecule has 5 heteroatoms. The van der Waals surface area contributed by atoms with Gasteiger partial charge in [-0.25, -0.2) is 5.53 Å². The molecule has 1 fully saturated rings. The Hall–Kier alpha value is -2.95. The minimum atomic E-state index is -0.697. The van der Waals surface area contributed by atoms with Gasteiger partial charge in [0.05, 0.1) is 5.69 Å². The predicted octanol–water partition coefficient (Wildman–Crippen LogP) is 6.04. The third-order valence-electron chi connectivity index (χ3n) is 7.05.